The van der Waals surface area contributed by atoms with Gasteiger partial charge in [0.1, 0.15) is 0 Å². The number of hydrogen-bond donors (Lipinski definition) is 1. The fourth-order valence-corrected chi connectivity index (χ4v) is 2.06. The van der Waals surface area contributed by atoms with Crippen molar-refractivity contribution in [3.63, 3.8) is 0 Å². The van der Waals surface area contributed by atoms with Crippen LogP contribution in [0.2, 0.25) is 0 Å². The third-order valence-corrected chi connectivity index (χ3v) is 3.16. The number of carbonyl (C=O) groups is 1. The van der Waals surface area contributed by atoms with Crippen LogP contribution in [-0.2, 0) is 11.3 Å². The molecular formula is C16H26N2O3. The number of rotatable bonds is 9. The first-order valence-electron chi connectivity index (χ1n) is 7.47. The zero-order chi connectivity index (χ0) is 15.7. The van der Waals surface area contributed by atoms with Crippen LogP contribution in [0, 0.1) is 0 Å². The summed E-state index contributed by atoms with van der Waals surface area (Å²) in [5, 5.41) is 3.10. The summed E-state index contributed by atoms with van der Waals surface area (Å²) >= 11 is 0. The molecule has 0 fully saturated rings. The van der Waals surface area contributed by atoms with Gasteiger partial charge < -0.3 is 19.7 Å². The topological polar surface area (TPSA) is 50.8 Å². The number of hydrogen-bond acceptors (Lipinski definition) is 4. The van der Waals surface area contributed by atoms with Crippen LogP contribution in [-0.4, -0.2) is 44.2 Å². The van der Waals surface area contributed by atoms with Crippen LogP contribution in [0.25, 0.3) is 0 Å². The molecule has 0 atom stereocenters. The summed E-state index contributed by atoms with van der Waals surface area (Å²) in [5.41, 5.74) is 1.11. The predicted octanol–water partition coefficient (Wildman–Crippen LogP) is 2.05. The molecule has 5 nitrogen and oxygen atoms in total. The smallest absolute Gasteiger partial charge is 0.260 e. The van der Waals surface area contributed by atoms with Crippen LogP contribution in [0.1, 0.15) is 26.3 Å². The maximum absolute atomic E-state index is 12.0. The Bertz CT molecular complexity index is 445. The second-order valence-corrected chi connectivity index (χ2v) is 4.60. The standard InChI is InChI=1S/C16H26N2O3/c1-5-18(6-2)16(19)12-21-14-9-8-13(11-17-4)10-15(14)20-7-3/h8-10,17H,5-7,11-12H2,1-4H3. The molecule has 0 unspecified atom stereocenters. The van der Waals surface area contributed by atoms with E-state index in [4.69, 9.17) is 9.47 Å². The van der Waals surface area contributed by atoms with Gasteiger partial charge in [-0.25, -0.2) is 0 Å². The molecular weight excluding hydrogens is 268 g/mol. The van der Waals surface area contributed by atoms with Gasteiger partial charge in [-0.1, -0.05) is 6.07 Å². The highest BCUT2D eigenvalue weighted by Crippen LogP contribution is 2.28. The molecule has 0 heterocycles. The van der Waals surface area contributed by atoms with E-state index in [1.165, 1.54) is 0 Å². The van der Waals surface area contributed by atoms with Gasteiger partial charge in [0.15, 0.2) is 18.1 Å². The number of nitrogens with zero attached hydrogens (tertiary/aromatic N) is 1. The molecule has 1 N–H and O–H groups in total. The SMILES string of the molecule is CCOc1cc(CNC)ccc1OCC(=O)N(CC)CC. The van der Waals surface area contributed by atoms with Gasteiger partial charge in [0.2, 0.25) is 0 Å². The van der Waals surface area contributed by atoms with E-state index in [0.717, 1.165) is 12.1 Å². The maximum Gasteiger partial charge on any atom is 0.260 e. The van der Waals surface area contributed by atoms with Gasteiger partial charge in [-0.3, -0.25) is 4.79 Å². The molecule has 1 aromatic carbocycles. The minimum absolute atomic E-state index is 0.0123. The van der Waals surface area contributed by atoms with Crippen LogP contribution in [0.15, 0.2) is 18.2 Å². The van der Waals surface area contributed by atoms with Crippen LogP contribution in [0.3, 0.4) is 0 Å². The molecule has 0 radical (unpaired) electrons. The normalized spacial score (nSPS) is 10.3. The number of benzene rings is 1. The van der Waals surface area contributed by atoms with Crippen molar-refractivity contribution < 1.29 is 14.3 Å². The molecule has 1 rings (SSSR count). The molecule has 0 aliphatic heterocycles. The average Bonchev–Trinajstić information content (AvgIpc) is 2.48. The van der Waals surface area contributed by atoms with Crippen molar-refractivity contribution in [3.05, 3.63) is 23.8 Å². The predicted molar refractivity (Wildman–Crippen MR) is 83.8 cm³/mol. The first-order valence-corrected chi connectivity index (χ1v) is 7.47. The van der Waals surface area contributed by atoms with E-state index in [0.29, 0.717) is 31.2 Å². The molecule has 0 aliphatic carbocycles. The molecule has 0 saturated heterocycles. The quantitative estimate of drug-likeness (QED) is 0.757. The Balaban J connectivity index is 2.75. The minimum atomic E-state index is -0.0123. The van der Waals surface area contributed by atoms with Crippen molar-refractivity contribution in [2.75, 3.05) is 33.4 Å². The molecule has 0 aromatic heterocycles. The molecule has 21 heavy (non-hydrogen) atoms. The fourth-order valence-electron chi connectivity index (χ4n) is 2.06. The number of likely N-dealkylation sites (N-methyl/N-ethyl adjacent to an activating group) is 1. The summed E-state index contributed by atoms with van der Waals surface area (Å²) in [5.74, 6) is 1.27. The lowest BCUT2D eigenvalue weighted by atomic mass is 10.2. The van der Waals surface area contributed by atoms with E-state index in [-0.39, 0.29) is 12.5 Å². The number of amides is 1. The molecule has 1 amide bonds. The van der Waals surface area contributed by atoms with Crippen LogP contribution in [0.5, 0.6) is 11.5 Å². The van der Waals surface area contributed by atoms with E-state index in [9.17, 15) is 4.79 Å². The zero-order valence-corrected chi connectivity index (χ0v) is 13.4. The average molecular weight is 294 g/mol. The Labute approximate surface area is 127 Å². The summed E-state index contributed by atoms with van der Waals surface area (Å²) < 4.78 is 11.2. The van der Waals surface area contributed by atoms with E-state index in [1.807, 2.05) is 46.0 Å². The molecule has 0 bridgehead atoms. The summed E-state index contributed by atoms with van der Waals surface area (Å²) in [6.07, 6.45) is 0. The minimum Gasteiger partial charge on any atom is -0.490 e. The monoisotopic (exact) mass is 294 g/mol. The van der Waals surface area contributed by atoms with Gasteiger partial charge >= 0.3 is 0 Å². The van der Waals surface area contributed by atoms with Gasteiger partial charge in [0.05, 0.1) is 6.61 Å². The van der Waals surface area contributed by atoms with E-state index in [2.05, 4.69) is 5.32 Å². The summed E-state index contributed by atoms with van der Waals surface area (Å²) in [6.45, 7) is 8.58. The largest absolute Gasteiger partial charge is 0.490 e. The van der Waals surface area contributed by atoms with Crippen molar-refractivity contribution in [2.24, 2.45) is 0 Å². The van der Waals surface area contributed by atoms with Crippen LogP contribution < -0.4 is 14.8 Å². The number of carbonyl (C=O) groups excluding carboxylic acids is 1. The summed E-state index contributed by atoms with van der Waals surface area (Å²) in [4.78, 5) is 13.7. The van der Waals surface area contributed by atoms with Gasteiger partial charge in [-0.15, -0.1) is 0 Å². The lowest BCUT2D eigenvalue weighted by Crippen LogP contribution is -2.34. The second kappa shape index (κ2) is 9.23. The van der Waals surface area contributed by atoms with Crippen molar-refractivity contribution in [2.45, 2.75) is 27.3 Å². The van der Waals surface area contributed by atoms with Gasteiger partial charge in [-0.05, 0) is 45.5 Å². The summed E-state index contributed by atoms with van der Waals surface area (Å²) in [7, 11) is 1.90. The maximum atomic E-state index is 12.0. The van der Waals surface area contributed by atoms with Crippen molar-refractivity contribution in [1.82, 2.24) is 10.2 Å². The van der Waals surface area contributed by atoms with Crippen LogP contribution in [0.4, 0.5) is 0 Å². The molecule has 0 spiro atoms. The Morgan fingerprint density at radius 3 is 2.43 bits per heavy atom. The van der Waals surface area contributed by atoms with Crippen molar-refractivity contribution >= 4 is 5.91 Å². The first kappa shape index (κ1) is 17.3. The van der Waals surface area contributed by atoms with E-state index >= 15 is 0 Å². The highest BCUT2D eigenvalue weighted by Gasteiger charge is 2.12. The Morgan fingerprint density at radius 1 is 1.14 bits per heavy atom. The third-order valence-electron chi connectivity index (χ3n) is 3.16. The van der Waals surface area contributed by atoms with E-state index < -0.39 is 0 Å². The van der Waals surface area contributed by atoms with Crippen LogP contribution >= 0.6 is 0 Å². The highest BCUT2D eigenvalue weighted by atomic mass is 16.5. The number of nitrogens with one attached hydrogen (secondary N) is 1. The van der Waals surface area contributed by atoms with Crippen molar-refractivity contribution in [1.29, 1.82) is 0 Å². The lowest BCUT2D eigenvalue weighted by Gasteiger charge is -2.19. The van der Waals surface area contributed by atoms with Crippen molar-refractivity contribution in [3.8, 4) is 11.5 Å². The zero-order valence-electron chi connectivity index (χ0n) is 13.4. The van der Waals surface area contributed by atoms with Gasteiger partial charge in [-0.2, -0.15) is 0 Å². The molecule has 5 heteroatoms. The molecule has 0 aliphatic rings. The highest BCUT2D eigenvalue weighted by molar-refractivity contribution is 5.77. The third kappa shape index (κ3) is 5.27. The first-order chi connectivity index (χ1) is 10.2. The fraction of sp³-hybridized carbons (Fsp3) is 0.562. The molecule has 118 valence electrons. The summed E-state index contributed by atoms with van der Waals surface area (Å²) in [6, 6.07) is 5.76. The van der Waals surface area contributed by atoms with Gasteiger partial charge in [0, 0.05) is 19.6 Å². The Morgan fingerprint density at radius 2 is 1.86 bits per heavy atom. The molecule has 1 aromatic rings. The molecule has 0 saturated carbocycles. The number of ether oxygens (including phenoxy) is 2. The van der Waals surface area contributed by atoms with Gasteiger partial charge in [0.25, 0.3) is 5.91 Å². The Hall–Kier alpha value is -1.75. The lowest BCUT2D eigenvalue weighted by molar-refractivity contribution is -0.132. The second-order valence-electron chi connectivity index (χ2n) is 4.60. The van der Waals surface area contributed by atoms with E-state index in [1.54, 1.807) is 4.90 Å². The Kier molecular flexibility index (Phi) is 7.61.